The topological polar surface area (TPSA) is 76.6 Å². The van der Waals surface area contributed by atoms with Crippen molar-refractivity contribution in [3.8, 4) is 0 Å². The lowest BCUT2D eigenvalue weighted by molar-refractivity contribution is -0.117. The Labute approximate surface area is 172 Å². The quantitative estimate of drug-likeness (QED) is 0.361. The molecule has 7 heteroatoms. The minimum absolute atomic E-state index is 0.0845. The lowest BCUT2D eigenvalue weighted by Gasteiger charge is -2.15. The summed E-state index contributed by atoms with van der Waals surface area (Å²) < 4.78 is 5.22. The number of carbonyl (C=O) groups excluding carboxylic acids is 3. The van der Waals surface area contributed by atoms with Crippen molar-refractivity contribution in [1.29, 1.82) is 0 Å². The molecule has 0 N–H and O–H groups in total. The molecule has 1 saturated heterocycles. The van der Waals surface area contributed by atoms with Crippen LogP contribution >= 0.6 is 11.6 Å². The van der Waals surface area contributed by atoms with Crippen LogP contribution in [0.3, 0.4) is 0 Å². The maximum absolute atomic E-state index is 12.5. The lowest BCUT2D eigenvalue weighted by Crippen LogP contribution is -2.23. The molecule has 0 spiro atoms. The summed E-state index contributed by atoms with van der Waals surface area (Å²) in [5.74, 6) is -0.888. The van der Waals surface area contributed by atoms with E-state index < -0.39 is 12.6 Å². The number of para-hydroxylation sites is 1. The van der Waals surface area contributed by atoms with Crippen LogP contribution < -0.4 is 4.90 Å². The number of hydrogen-bond acceptors (Lipinski definition) is 5. The molecule has 1 fully saturated rings. The number of carbonyl (C=O) groups is 3. The van der Waals surface area contributed by atoms with E-state index in [1.165, 1.54) is 6.07 Å². The molecule has 2 aromatic carbocycles. The molecule has 0 bridgehead atoms. The number of esters is 1. The minimum Gasteiger partial charge on any atom is -0.454 e. The number of ketones is 1. The molecule has 1 aliphatic rings. The second-order valence-corrected chi connectivity index (χ2v) is 7.09. The molecule has 3 aromatic rings. The average Bonchev–Trinajstić information content (AvgIpc) is 3.17. The number of nitrogens with zero attached hydrogens (tertiary/aromatic N) is 2. The molecule has 29 heavy (non-hydrogen) atoms. The fraction of sp³-hybridized carbons (Fsp3) is 0.182. The van der Waals surface area contributed by atoms with E-state index in [0.29, 0.717) is 29.4 Å². The summed E-state index contributed by atoms with van der Waals surface area (Å²) in [5.41, 5.74) is 2.01. The first kappa shape index (κ1) is 19.1. The van der Waals surface area contributed by atoms with Crippen LogP contribution in [0.15, 0.2) is 54.6 Å². The summed E-state index contributed by atoms with van der Waals surface area (Å²) in [7, 11) is 0. The van der Waals surface area contributed by atoms with Crippen LogP contribution in [0.1, 0.15) is 33.6 Å². The Balaban J connectivity index is 1.45. The van der Waals surface area contributed by atoms with E-state index in [0.717, 1.165) is 12.1 Å². The molecule has 0 unspecified atom stereocenters. The van der Waals surface area contributed by atoms with E-state index in [2.05, 4.69) is 4.98 Å². The van der Waals surface area contributed by atoms with Crippen molar-refractivity contribution in [2.24, 2.45) is 0 Å². The molecule has 2 heterocycles. The van der Waals surface area contributed by atoms with Gasteiger partial charge < -0.3 is 9.64 Å². The van der Waals surface area contributed by atoms with E-state index in [4.69, 9.17) is 16.3 Å². The maximum Gasteiger partial charge on any atom is 0.339 e. The molecule has 0 atom stereocenters. The first-order valence-electron chi connectivity index (χ1n) is 9.19. The van der Waals surface area contributed by atoms with Crippen LogP contribution in [0.5, 0.6) is 0 Å². The molecule has 1 aliphatic heterocycles. The molecule has 6 nitrogen and oxygen atoms in total. The first-order valence-corrected chi connectivity index (χ1v) is 9.57. The Bertz CT molecular complexity index is 1110. The molecule has 4 rings (SSSR count). The van der Waals surface area contributed by atoms with E-state index in [-0.39, 0.29) is 22.4 Å². The van der Waals surface area contributed by atoms with Crippen molar-refractivity contribution >= 4 is 45.9 Å². The van der Waals surface area contributed by atoms with E-state index in [1.54, 1.807) is 53.4 Å². The average molecular weight is 409 g/mol. The van der Waals surface area contributed by atoms with Gasteiger partial charge in [0.15, 0.2) is 12.4 Å². The number of anilines is 1. The zero-order valence-corrected chi connectivity index (χ0v) is 16.2. The number of pyridine rings is 1. The normalized spacial score (nSPS) is 13.7. The molecule has 0 saturated carbocycles. The van der Waals surface area contributed by atoms with Gasteiger partial charge in [0.1, 0.15) is 5.15 Å². The van der Waals surface area contributed by atoms with Crippen LogP contribution in [0.4, 0.5) is 5.69 Å². The predicted molar refractivity (Wildman–Crippen MR) is 109 cm³/mol. The summed E-state index contributed by atoms with van der Waals surface area (Å²) in [6, 6.07) is 15.2. The number of benzene rings is 2. The highest BCUT2D eigenvalue weighted by molar-refractivity contribution is 6.30. The summed E-state index contributed by atoms with van der Waals surface area (Å²) in [4.78, 5) is 42.6. The van der Waals surface area contributed by atoms with Gasteiger partial charge >= 0.3 is 5.97 Å². The number of hydrogen-bond donors (Lipinski definition) is 0. The number of halogens is 1. The van der Waals surface area contributed by atoms with Crippen LogP contribution in [-0.2, 0) is 9.53 Å². The fourth-order valence-electron chi connectivity index (χ4n) is 3.35. The predicted octanol–water partition coefficient (Wildman–Crippen LogP) is 4.05. The van der Waals surface area contributed by atoms with Crippen molar-refractivity contribution in [3.05, 3.63) is 70.9 Å². The zero-order chi connectivity index (χ0) is 20.4. The number of rotatable bonds is 5. The van der Waals surface area contributed by atoms with Crippen molar-refractivity contribution in [1.82, 2.24) is 4.98 Å². The highest BCUT2D eigenvalue weighted by atomic mass is 35.5. The van der Waals surface area contributed by atoms with Crippen molar-refractivity contribution < 1.29 is 19.1 Å². The lowest BCUT2D eigenvalue weighted by atomic mass is 10.1. The van der Waals surface area contributed by atoms with Crippen LogP contribution in [0.2, 0.25) is 5.15 Å². The summed E-state index contributed by atoms with van der Waals surface area (Å²) in [5, 5.41) is 0.781. The van der Waals surface area contributed by atoms with Crippen LogP contribution in [-0.4, -0.2) is 35.8 Å². The Morgan fingerprint density at radius 2 is 1.86 bits per heavy atom. The van der Waals surface area contributed by atoms with Crippen LogP contribution in [0.25, 0.3) is 10.9 Å². The van der Waals surface area contributed by atoms with E-state index in [9.17, 15) is 14.4 Å². The number of Topliss-reactive ketones (excluding diaryl/α,β-unsaturated/α-hetero) is 1. The highest BCUT2D eigenvalue weighted by Crippen LogP contribution is 2.23. The Hall–Kier alpha value is -3.25. The Kier molecular flexibility index (Phi) is 5.27. The van der Waals surface area contributed by atoms with Crippen LogP contribution in [0, 0.1) is 0 Å². The van der Waals surface area contributed by atoms with Gasteiger partial charge in [0.2, 0.25) is 5.91 Å². The monoisotopic (exact) mass is 408 g/mol. The second-order valence-electron chi connectivity index (χ2n) is 6.70. The number of ether oxygens (including phenoxy) is 1. The summed E-state index contributed by atoms with van der Waals surface area (Å²) in [6.45, 7) is 0.293. The maximum atomic E-state index is 12.5. The van der Waals surface area contributed by atoms with Gasteiger partial charge in [-0.15, -0.1) is 0 Å². The smallest absolute Gasteiger partial charge is 0.339 e. The van der Waals surface area contributed by atoms with Gasteiger partial charge in [-0.3, -0.25) is 9.59 Å². The third-order valence-electron chi connectivity index (χ3n) is 4.81. The fourth-order valence-corrected chi connectivity index (χ4v) is 3.55. The molecule has 146 valence electrons. The number of aromatic nitrogens is 1. The summed E-state index contributed by atoms with van der Waals surface area (Å²) in [6.07, 6.45) is 1.38. The highest BCUT2D eigenvalue weighted by Gasteiger charge is 2.22. The van der Waals surface area contributed by atoms with E-state index >= 15 is 0 Å². The summed E-state index contributed by atoms with van der Waals surface area (Å²) >= 11 is 5.99. The third kappa shape index (κ3) is 3.98. The zero-order valence-electron chi connectivity index (χ0n) is 15.4. The molecular weight excluding hydrogens is 392 g/mol. The van der Waals surface area contributed by atoms with Crippen molar-refractivity contribution in [3.63, 3.8) is 0 Å². The van der Waals surface area contributed by atoms with Gasteiger partial charge in [0, 0.05) is 29.6 Å². The first-order chi connectivity index (χ1) is 14.0. The largest absolute Gasteiger partial charge is 0.454 e. The molecule has 1 amide bonds. The second kappa shape index (κ2) is 8.01. The Morgan fingerprint density at radius 3 is 2.59 bits per heavy atom. The van der Waals surface area contributed by atoms with Gasteiger partial charge in [-0.25, -0.2) is 9.78 Å². The molecule has 0 radical (unpaired) electrons. The van der Waals surface area contributed by atoms with Gasteiger partial charge in [0.05, 0.1) is 11.1 Å². The van der Waals surface area contributed by atoms with Crippen molar-refractivity contribution in [2.45, 2.75) is 12.8 Å². The number of amides is 1. The molecule has 0 aliphatic carbocycles. The van der Waals surface area contributed by atoms with Gasteiger partial charge in [-0.05, 0) is 42.8 Å². The minimum atomic E-state index is -0.641. The van der Waals surface area contributed by atoms with Gasteiger partial charge in [0.25, 0.3) is 0 Å². The van der Waals surface area contributed by atoms with E-state index in [1.807, 2.05) is 0 Å². The Morgan fingerprint density at radius 1 is 1.10 bits per heavy atom. The molecular formula is C22H17ClN2O4. The number of fused-ring (bicyclic) bond motifs is 1. The third-order valence-corrected chi connectivity index (χ3v) is 5.01. The van der Waals surface area contributed by atoms with Gasteiger partial charge in [-0.2, -0.15) is 0 Å². The SMILES string of the molecule is O=C(COC(=O)c1cc(Cl)nc2ccccc12)c1ccc(N2CCCC2=O)cc1. The standard InChI is InChI=1S/C22H17ClN2O4/c23-20-12-17(16-4-1-2-5-18(16)24-20)22(28)29-13-19(26)14-7-9-15(10-8-14)25-11-3-6-21(25)27/h1-2,4-5,7-10,12H,3,6,11,13H2. The van der Waals surface area contributed by atoms with Gasteiger partial charge in [-0.1, -0.05) is 29.8 Å². The molecule has 1 aromatic heterocycles. The van der Waals surface area contributed by atoms with Crippen molar-refractivity contribution in [2.75, 3.05) is 18.1 Å².